The lowest BCUT2D eigenvalue weighted by Gasteiger charge is -2.12. The van der Waals surface area contributed by atoms with Gasteiger partial charge in [0, 0.05) is 17.5 Å². The largest absolute Gasteiger partial charge is 0.507 e. The quantitative estimate of drug-likeness (QED) is 0.589. The van der Waals surface area contributed by atoms with Gasteiger partial charge in [-0.25, -0.2) is 0 Å². The zero-order valence-electron chi connectivity index (χ0n) is 10.7. The molecule has 0 spiro atoms. The molecule has 0 unspecified atom stereocenters. The van der Waals surface area contributed by atoms with Crippen LogP contribution in [0.4, 0.5) is 13.2 Å². The first kappa shape index (κ1) is 15.6. The van der Waals surface area contributed by atoms with Crippen molar-refractivity contribution in [2.75, 3.05) is 0 Å². The molecule has 0 aliphatic heterocycles. The first-order valence-electron chi connectivity index (χ1n) is 5.48. The van der Waals surface area contributed by atoms with E-state index in [1.165, 1.54) is 0 Å². The van der Waals surface area contributed by atoms with Crippen LogP contribution in [-0.4, -0.2) is 11.8 Å². The van der Waals surface area contributed by atoms with Crippen molar-refractivity contribution >= 4 is 12.4 Å². The number of aliphatic imine (C=N–C) groups is 1. The number of nitrogens with zero attached hydrogens (tertiary/aromatic N) is 1. The highest BCUT2D eigenvalue weighted by molar-refractivity contribution is 5.73. The summed E-state index contributed by atoms with van der Waals surface area (Å²) in [5.41, 5.74) is 11.0. The molecule has 0 radical (unpaired) electrons. The van der Waals surface area contributed by atoms with E-state index in [0.29, 0.717) is 11.6 Å². The Morgan fingerprint density at radius 1 is 1.40 bits per heavy atom. The first-order chi connectivity index (χ1) is 9.22. The number of phenols is 1. The zero-order valence-corrected chi connectivity index (χ0v) is 10.7. The lowest BCUT2D eigenvalue weighted by Crippen LogP contribution is -2.07. The van der Waals surface area contributed by atoms with E-state index < -0.39 is 17.5 Å². The fourth-order valence-electron chi connectivity index (χ4n) is 1.57. The van der Waals surface area contributed by atoms with Gasteiger partial charge in [-0.05, 0) is 37.4 Å². The Labute approximate surface area is 113 Å². The summed E-state index contributed by atoms with van der Waals surface area (Å²) in [7, 11) is 0. The van der Waals surface area contributed by atoms with E-state index in [2.05, 4.69) is 11.7 Å². The highest BCUT2D eigenvalue weighted by Crippen LogP contribution is 2.34. The number of allylic oxidation sites excluding steroid dienone is 1. The molecule has 0 aliphatic carbocycles. The molecule has 0 atom stereocenters. The van der Waals surface area contributed by atoms with Crippen LogP contribution in [-0.2, 0) is 6.18 Å². The molecule has 1 rings (SSSR count). The second-order valence-electron chi connectivity index (χ2n) is 3.98. The van der Waals surface area contributed by atoms with Crippen LogP contribution >= 0.6 is 0 Å². The minimum absolute atomic E-state index is 0.0681. The monoisotopic (exact) mass is 285 g/mol. The normalized spacial score (nSPS) is 13.9. The molecule has 0 heterocycles. The van der Waals surface area contributed by atoms with Crippen molar-refractivity contribution in [3.05, 3.63) is 46.8 Å². The van der Waals surface area contributed by atoms with Gasteiger partial charge in [0.05, 0.1) is 11.3 Å². The Morgan fingerprint density at radius 3 is 2.40 bits per heavy atom. The predicted octanol–water partition coefficient (Wildman–Crippen LogP) is 2.60. The third kappa shape index (κ3) is 3.11. The van der Waals surface area contributed by atoms with E-state index in [9.17, 15) is 18.3 Å². The smallest absolute Gasteiger partial charge is 0.416 e. The zero-order chi connectivity index (χ0) is 15.5. The summed E-state index contributed by atoms with van der Waals surface area (Å²) < 4.78 is 37.5. The lowest BCUT2D eigenvalue weighted by atomic mass is 10.0. The number of benzene rings is 1. The molecule has 4 nitrogen and oxygen atoms in total. The Bertz CT molecular complexity index is 589. The van der Waals surface area contributed by atoms with Crippen LogP contribution in [0.3, 0.4) is 0 Å². The number of aromatic hydroxyl groups is 1. The first-order valence-corrected chi connectivity index (χ1v) is 5.48. The number of nitrogens with two attached hydrogens (primary N) is 2. The topological polar surface area (TPSA) is 84.6 Å². The van der Waals surface area contributed by atoms with Crippen LogP contribution in [0.25, 0.3) is 5.70 Å². The van der Waals surface area contributed by atoms with Crippen LogP contribution in [0.5, 0.6) is 5.75 Å². The van der Waals surface area contributed by atoms with Gasteiger partial charge in [0.15, 0.2) is 0 Å². The number of hydrogen-bond donors (Lipinski definition) is 3. The molecule has 1 aromatic rings. The number of rotatable bonds is 3. The average Bonchev–Trinajstić information content (AvgIpc) is 2.38. The molecular weight excluding hydrogens is 271 g/mol. The second kappa shape index (κ2) is 5.68. The van der Waals surface area contributed by atoms with E-state index in [1.54, 1.807) is 6.92 Å². The fraction of sp³-hybridized carbons (Fsp3) is 0.154. The molecule has 1 aromatic carbocycles. The van der Waals surface area contributed by atoms with Crippen LogP contribution in [0.2, 0.25) is 0 Å². The molecule has 0 fully saturated rings. The molecular formula is C13H14F3N3O. The van der Waals surface area contributed by atoms with E-state index in [-0.39, 0.29) is 17.0 Å². The highest BCUT2D eigenvalue weighted by Gasteiger charge is 2.31. The summed E-state index contributed by atoms with van der Waals surface area (Å²) in [6.07, 6.45) is -3.37. The SMILES string of the molecule is C=NC(=CN)/C(C)=C(\N)c1ccc(C(F)(F)F)cc1O. The van der Waals surface area contributed by atoms with Gasteiger partial charge in [-0.3, -0.25) is 4.99 Å². The molecule has 20 heavy (non-hydrogen) atoms. The second-order valence-corrected chi connectivity index (χ2v) is 3.98. The van der Waals surface area contributed by atoms with Crippen molar-refractivity contribution in [1.29, 1.82) is 0 Å². The maximum absolute atomic E-state index is 12.5. The predicted molar refractivity (Wildman–Crippen MR) is 71.7 cm³/mol. The summed E-state index contributed by atoms with van der Waals surface area (Å²) in [5.74, 6) is -0.572. The van der Waals surface area contributed by atoms with Crippen molar-refractivity contribution < 1.29 is 18.3 Å². The third-order valence-electron chi connectivity index (χ3n) is 2.73. The van der Waals surface area contributed by atoms with Gasteiger partial charge in [-0.1, -0.05) is 0 Å². The summed E-state index contributed by atoms with van der Waals surface area (Å²) in [6, 6.07) is 2.54. The molecule has 0 aromatic heterocycles. The molecule has 0 amide bonds. The van der Waals surface area contributed by atoms with E-state index in [0.717, 1.165) is 18.3 Å². The fourth-order valence-corrected chi connectivity index (χ4v) is 1.57. The maximum atomic E-state index is 12.5. The van der Waals surface area contributed by atoms with Gasteiger partial charge in [0.2, 0.25) is 0 Å². The van der Waals surface area contributed by atoms with Crippen molar-refractivity contribution in [3.63, 3.8) is 0 Å². The van der Waals surface area contributed by atoms with Gasteiger partial charge in [-0.2, -0.15) is 13.2 Å². The number of alkyl halides is 3. The summed E-state index contributed by atoms with van der Waals surface area (Å²) >= 11 is 0. The van der Waals surface area contributed by atoms with E-state index in [4.69, 9.17) is 11.5 Å². The van der Waals surface area contributed by atoms with Gasteiger partial charge in [-0.15, -0.1) is 0 Å². The van der Waals surface area contributed by atoms with E-state index in [1.807, 2.05) is 0 Å². The molecule has 0 saturated carbocycles. The molecule has 0 aliphatic rings. The maximum Gasteiger partial charge on any atom is 0.416 e. The molecule has 7 heteroatoms. The third-order valence-corrected chi connectivity index (χ3v) is 2.73. The standard InChI is InChI=1S/C13H14F3N3O/c1-7(10(6-17)19-2)12(18)9-4-3-8(5-11(9)20)13(14,15)16/h3-6,20H,2,17-18H2,1H3/b10-6?,12-7-. The van der Waals surface area contributed by atoms with Crippen molar-refractivity contribution in [2.24, 2.45) is 16.5 Å². The Balaban J connectivity index is 3.35. The van der Waals surface area contributed by atoms with E-state index >= 15 is 0 Å². The lowest BCUT2D eigenvalue weighted by molar-refractivity contribution is -0.137. The number of halogens is 3. The summed E-state index contributed by atoms with van der Waals surface area (Å²) in [6.45, 7) is 4.87. The molecule has 5 N–H and O–H groups in total. The summed E-state index contributed by atoms with van der Waals surface area (Å²) in [4.78, 5) is 3.63. The Kier molecular flexibility index (Phi) is 4.44. The van der Waals surface area contributed by atoms with Gasteiger partial charge in [0.1, 0.15) is 5.75 Å². The minimum Gasteiger partial charge on any atom is -0.507 e. The number of hydrogen-bond acceptors (Lipinski definition) is 4. The van der Waals surface area contributed by atoms with Gasteiger partial charge in [0.25, 0.3) is 0 Å². The Morgan fingerprint density at radius 2 is 2.00 bits per heavy atom. The van der Waals surface area contributed by atoms with Crippen molar-refractivity contribution in [3.8, 4) is 5.75 Å². The molecule has 0 bridgehead atoms. The van der Waals surface area contributed by atoms with Crippen LogP contribution < -0.4 is 11.5 Å². The van der Waals surface area contributed by atoms with Gasteiger partial charge >= 0.3 is 6.18 Å². The van der Waals surface area contributed by atoms with Crippen LogP contribution in [0.1, 0.15) is 18.1 Å². The number of phenolic OH excluding ortho intramolecular Hbond substituents is 1. The van der Waals surface area contributed by atoms with Crippen molar-refractivity contribution in [2.45, 2.75) is 13.1 Å². The highest BCUT2D eigenvalue weighted by atomic mass is 19.4. The Hall–Kier alpha value is -2.44. The minimum atomic E-state index is -4.53. The summed E-state index contributed by atoms with van der Waals surface area (Å²) in [5, 5.41) is 9.69. The van der Waals surface area contributed by atoms with Crippen molar-refractivity contribution in [1.82, 2.24) is 0 Å². The van der Waals surface area contributed by atoms with Gasteiger partial charge < -0.3 is 16.6 Å². The van der Waals surface area contributed by atoms with Crippen LogP contribution in [0, 0.1) is 0 Å². The molecule has 108 valence electrons. The molecule has 0 saturated heterocycles. The average molecular weight is 285 g/mol. The van der Waals surface area contributed by atoms with Crippen LogP contribution in [0.15, 0.2) is 40.7 Å².